The van der Waals surface area contributed by atoms with Crippen molar-refractivity contribution in [2.24, 2.45) is 0 Å². The molecule has 1 aromatic carbocycles. The molecule has 2 saturated heterocycles. The van der Waals surface area contributed by atoms with Gasteiger partial charge in [0.15, 0.2) is 0 Å². The normalized spacial score (nSPS) is 18.8. The lowest BCUT2D eigenvalue weighted by Gasteiger charge is -2.33. The Morgan fingerprint density at radius 1 is 1.09 bits per heavy atom. The maximum atomic E-state index is 14.7. The second-order valence-electron chi connectivity index (χ2n) is 8.63. The van der Waals surface area contributed by atoms with Crippen LogP contribution in [0.3, 0.4) is 0 Å². The average molecular weight is 466 g/mol. The molecule has 1 aromatic rings. The lowest BCUT2D eigenvalue weighted by atomic mass is 9.89. The van der Waals surface area contributed by atoms with Crippen LogP contribution >= 0.6 is 0 Å². The number of nitrogens with one attached hydrogen (secondary N) is 2. The number of imide groups is 1. The van der Waals surface area contributed by atoms with Crippen molar-refractivity contribution >= 4 is 23.6 Å². The van der Waals surface area contributed by atoms with Gasteiger partial charge in [-0.1, -0.05) is 33.8 Å². The summed E-state index contributed by atoms with van der Waals surface area (Å²) in [5.74, 6) is -0.982. The van der Waals surface area contributed by atoms with Crippen LogP contribution in [0.5, 0.6) is 0 Å². The first-order valence-electron chi connectivity index (χ1n) is 12.0. The van der Waals surface area contributed by atoms with Crippen LogP contribution in [0.2, 0.25) is 0 Å². The van der Waals surface area contributed by atoms with Crippen molar-refractivity contribution in [3.63, 3.8) is 0 Å². The summed E-state index contributed by atoms with van der Waals surface area (Å²) < 4.78 is 20.1. The van der Waals surface area contributed by atoms with Gasteiger partial charge in [-0.15, -0.1) is 0 Å². The Labute approximate surface area is 197 Å². The van der Waals surface area contributed by atoms with Gasteiger partial charge in [0.1, 0.15) is 17.5 Å². The highest BCUT2D eigenvalue weighted by atomic mass is 19.1. The summed E-state index contributed by atoms with van der Waals surface area (Å²) in [6.07, 6.45) is 1.64. The van der Waals surface area contributed by atoms with E-state index in [4.69, 9.17) is 4.74 Å². The number of ether oxygens (including phenoxy) is 1. The summed E-state index contributed by atoms with van der Waals surface area (Å²) in [5.41, 5.74) is 0.584. The van der Waals surface area contributed by atoms with E-state index in [0.29, 0.717) is 43.6 Å². The minimum Gasteiger partial charge on any atom is -0.444 e. The summed E-state index contributed by atoms with van der Waals surface area (Å²) in [6.45, 7) is 14.5. The van der Waals surface area contributed by atoms with Crippen LogP contribution in [-0.4, -0.2) is 47.5 Å². The number of halogens is 1. The van der Waals surface area contributed by atoms with Crippen molar-refractivity contribution in [1.29, 1.82) is 0 Å². The molecule has 33 heavy (non-hydrogen) atoms. The zero-order chi connectivity index (χ0) is 25.2. The molecule has 7 nitrogen and oxygen atoms in total. The van der Waals surface area contributed by atoms with Gasteiger partial charge >= 0.3 is 6.09 Å². The Morgan fingerprint density at radius 3 is 2.21 bits per heavy atom. The monoisotopic (exact) mass is 465 g/mol. The third-order valence-electron chi connectivity index (χ3n) is 5.17. The summed E-state index contributed by atoms with van der Waals surface area (Å²) >= 11 is 0. The second kappa shape index (κ2) is 13.2. The van der Waals surface area contributed by atoms with Crippen molar-refractivity contribution < 1.29 is 23.5 Å². The number of anilines is 1. The summed E-state index contributed by atoms with van der Waals surface area (Å²) in [7, 11) is 0. The van der Waals surface area contributed by atoms with Gasteiger partial charge in [0.25, 0.3) is 0 Å². The minimum absolute atomic E-state index is 0.0262. The van der Waals surface area contributed by atoms with E-state index in [9.17, 15) is 18.8 Å². The van der Waals surface area contributed by atoms with Gasteiger partial charge in [-0.25, -0.2) is 9.18 Å². The number of benzene rings is 1. The molecule has 2 aliphatic heterocycles. The number of amides is 3. The smallest absolute Gasteiger partial charge is 0.410 e. The highest BCUT2D eigenvalue weighted by Crippen LogP contribution is 2.32. The van der Waals surface area contributed by atoms with Crippen LogP contribution in [0.1, 0.15) is 85.6 Å². The summed E-state index contributed by atoms with van der Waals surface area (Å²) in [4.78, 5) is 36.9. The Morgan fingerprint density at radius 2 is 1.70 bits per heavy atom. The average Bonchev–Trinajstić information content (AvgIpc) is 2.78. The molecule has 0 spiro atoms. The fourth-order valence-electron chi connectivity index (χ4n) is 3.68. The van der Waals surface area contributed by atoms with Gasteiger partial charge in [0.2, 0.25) is 11.8 Å². The molecule has 8 heteroatoms. The summed E-state index contributed by atoms with van der Waals surface area (Å²) in [5, 5.41) is 5.27. The molecule has 3 amide bonds. The van der Waals surface area contributed by atoms with Gasteiger partial charge in [-0.2, -0.15) is 0 Å². The lowest BCUT2D eigenvalue weighted by molar-refractivity contribution is -0.133. The third kappa shape index (κ3) is 8.67. The van der Waals surface area contributed by atoms with Gasteiger partial charge in [-0.05, 0) is 63.6 Å². The van der Waals surface area contributed by atoms with Crippen LogP contribution < -0.4 is 10.6 Å². The van der Waals surface area contributed by atoms with Gasteiger partial charge in [-0.3, -0.25) is 14.9 Å². The van der Waals surface area contributed by atoms with E-state index in [2.05, 4.69) is 10.6 Å². The van der Waals surface area contributed by atoms with Gasteiger partial charge < -0.3 is 15.0 Å². The Hall–Kier alpha value is -2.64. The molecule has 3 rings (SSSR count). The molecule has 2 aliphatic rings. The topological polar surface area (TPSA) is 87.7 Å². The highest BCUT2D eigenvalue weighted by molar-refractivity contribution is 6.01. The van der Waals surface area contributed by atoms with E-state index in [1.165, 1.54) is 6.07 Å². The number of carbonyl (C=O) groups excluding carboxylic acids is 3. The van der Waals surface area contributed by atoms with Gasteiger partial charge in [0, 0.05) is 25.2 Å². The van der Waals surface area contributed by atoms with E-state index in [1.54, 1.807) is 17.0 Å². The minimum atomic E-state index is -0.546. The van der Waals surface area contributed by atoms with Crippen molar-refractivity contribution in [3.05, 3.63) is 29.6 Å². The van der Waals surface area contributed by atoms with E-state index in [1.807, 2.05) is 48.5 Å². The quantitative estimate of drug-likeness (QED) is 0.599. The predicted octanol–water partition coefficient (Wildman–Crippen LogP) is 5.21. The molecule has 2 heterocycles. The molecule has 1 atom stereocenters. The largest absolute Gasteiger partial charge is 0.444 e. The third-order valence-corrected chi connectivity index (χ3v) is 5.17. The maximum absolute atomic E-state index is 14.7. The molecule has 0 bridgehead atoms. The van der Waals surface area contributed by atoms with Crippen molar-refractivity contribution in [3.8, 4) is 0 Å². The van der Waals surface area contributed by atoms with Gasteiger partial charge in [0.05, 0.1) is 0 Å². The van der Waals surface area contributed by atoms with Crippen LogP contribution in [-0.2, 0) is 14.3 Å². The lowest BCUT2D eigenvalue weighted by Crippen LogP contribution is -2.47. The van der Waals surface area contributed by atoms with Crippen LogP contribution in [0.25, 0.3) is 0 Å². The van der Waals surface area contributed by atoms with Crippen LogP contribution in [0.15, 0.2) is 18.2 Å². The number of likely N-dealkylation sites (tertiary alicyclic amines) is 1. The molecule has 1 unspecified atom stereocenters. The molecule has 0 radical (unpaired) electrons. The zero-order valence-electron chi connectivity index (χ0n) is 21.1. The van der Waals surface area contributed by atoms with Crippen molar-refractivity contribution in [2.45, 2.75) is 91.7 Å². The molecule has 0 aromatic heterocycles. The maximum Gasteiger partial charge on any atom is 0.410 e. The first-order valence-corrected chi connectivity index (χ1v) is 12.0. The fraction of sp³-hybridized carbons (Fsp3) is 0.640. The van der Waals surface area contributed by atoms with E-state index >= 15 is 0 Å². The Balaban J connectivity index is 0.00000129. The molecular formula is C25H40FN3O4. The number of carbonyl (C=O) groups is 3. The Bertz CT molecular complexity index is 799. The van der Waals surface area contributed by atoms with Crippen LogP contribution in [0, 0.1) is 5.82 Å². The molecular weight excluding hydrogens is 425 g/mol. The molecule has 0 saturated carbocycles. The summed E-state index contributed by atoms with van der Waals surface area (Å²) in [6, 6.07) is 4.33. The predicted molar refractivity (Wildman–Crippen MR) is 129 cm³/mol. The first-order chi connectivity index (χ1) is 15.6. The first kappa shape index (κ1) is 28.4. The number of hydrogen-bond donors (Lipinski definition) is 2. The van der Waals surface area contributed by atoms with Crippen molar-refractivity contribution in [2.75, 3.05) is 18.4 Å². The zero-order valence-corrected chi connectivity index (χ0v) is 21.1. The SMILES string of the molecule is CC.CC.CC(C)(C)OC(=O)N1CCC(c2ccc(NC3CCC(=O)NC3=O)cc2F)CC1. The highest BCUT2D eigenvalue weighted by Gasteiger charge is 2.29. The molecule has 0 aliphatic carbocycles. The number of hydrogen-bond acceptors (Lipinski definition) is 5. The van der Waals surface area contributed by atoms with E-state index < -0.39 is 11.6 Å². The van der Waals surface area contributed by atoms with E-state index in [-0.39, 0.29) is 36.1 Å². The number of piperidine rings is 2. The number of rotatable bonds is 3. The number of nitrogens with zero attached hydrogens (tertiary/aromatic N) is 1. The Kier molecular flexibility index (Phi) is 11.3. The standard InChI is InChI=1S/C21H28FN3O4.2C2H6/c1-21(2,3)29-20(28)25-10-8-13(9-11-25)15-5-4-14(12-16(15)22)23-17-6-7-18(26)24-19(17)27;2*1-2/h4-5,12-13,17,23H,6-11H2,1-3H3,(H,24,26,27);2*1-2H3. The van der Waals surface area contributed by atoms with Crippen LogP contribution in [0.4, 0.5) is 14.9 Å². The van der Waals surface area contributed by atoms with E-state index in [0.717, 1.165) is 0 Å². The molecule has 2 fully saturated rings. The molecule has 2 N–H and O–H groups in total. The van der Waals surface area contributed by atoms with Crippen molar-refractivity contribution in [1.82, 2.24) is 10.2 Å². The second-order valence-corrected chi connectivity index (χ2v) is 8.63. The fourth-order valence-corrected chi connectivity index (χ4v) is 3.68. The molecule has 186 valence electrons.